The Morgan fingerprint density at radius 2 is 1.76 bits per heavy atom. The molecule has 0 radical (unpaired) electrons. The number of nitrogens with one attached hydrogen (secondary N) is 1. The standard InChI is InChI=1S/C20H19F3N4OS/c1-27(2)14-9-7-13(8-10-14)11-24-17(28)12-29-18-15-5-3-4-6-16(15)25-19(26-18)20(21,22)23/h3-10H,11-12H2,1-2H3,(H,24,28). The van der Waals surface area contributed by atoms with E-state index in [9.17, 15) is 18.0 Å². The highest BCUT2D eigenvalue weighted by Crippen LogP contribution is 2.31. The molecule has 1 heterocycles. The van der Waals surface area contributed by atoms with Crippen LogP contribution in [0.3, 0.4) is 0 Å². The first-order chi connectivity index (χ1) is 13.7. The Labute approximate surface area is 170 Å². The molecule has 0 atom stereocenters. The fraction of sp³-hybridized carbons (Fsp3) is 0.250. The number of halogens is 3. The largest absolute Gasteiger partial charge is 0.451 e. The second-order valence-corrected chi connectivity index (χ2v) is 7.46. The minimum Gasteiger partial charge on any atom is -0.378 e. The van der Waals surface area contributed by atoms with Crippen LogP contribution in [0.25, 0.3) is 10.9 Å². The van der Waals surface area contributed by atoms with E-state index >= 15 is 0 Å². The van der Waals surface area contributed by atoms with Crippen molar-refractivity contribution in [3.63, 3.8) is 0 Å². The Hall–Kier alpha value is -2.81. The van der Waals surface area contributed by atoms with Crippen molar-refractivity contribution in [1.29, 1.82) is 0 Å². The molecule has 0 aliphatic rings. The lowest BCUT2D eigenvalue weighted by atomic mass is 10.2. The number of anilines is 1. The first-order valence-electron chi connectivity index (χ1n) is 8.74. The highest BCUT2D eigenvalue weighted by molar-refractivity contribution is 8.00. The fourth-order valence-corrected chi connectivity index (χ4v) is 3.43. The van der Waals surface area contributed by atoms with Crippen molar-refractivity contribution >= 4 is 34.3 Å². The number of carbonyl (C=O) groups is 1. The van der Waals surface area contributed by atoms with Crippen LogP contribution in [-0.2, 0) is 17.5 Å². The molecule has 5 nitrogen and oxygen atoms in total. The number of amides is 1. The zero-order valence-corrected chi connectivity index (χ0v) is 16.6. The van der Waals surface area contributed by atoms with Crippen LogP contribution in [0.15, 0.2) is 53.6 Å². The van der Waals surface area contributed by atoms with Crippen LogP contribution in [0.4, 0.5) is 18.9 Å². The van der Waals surface area contributed by atoms with Crippen molar-refractivity contribution in [2.24, 2.45) is 0 Å². The average Bonchev–Trinajstić information content (AvgIpc) is 2.69. The van der Waals surface area contributed by atoms with Crippen LogP contribution in [0.1, 0.15) is 11.4 Å². The average molecular weight is 420 g/mol. The normalized spacial score (nSPS) is 11.5. The van der Waals surface area contributed by atoms with Crippen LogP contribution in [-0.4, -0.2) is 35.7 Å². The molecule has 29 heavy (non-hydrogen) atoms. The van der Waals surface area contributed by atoms with Crippen LogP contribution < -0.4 is 10.2 Å². The van der Waals surface area contributed by atoms with Crippen molar-refractivity contribution < 1.29 is 18.0 Å². The van der Waals surface area contributed by atoms with Crippen LogP contribution in [0.2, 0.25) is 0 Å². The lowest BCUT2D eigenvalue weighted by molar-refractivity contribution is -0.145. The monoisotopic (exact) mass is 420 g/mol. The molecule has 1 amide bonds. The molecular weight excluding hydrogens is 401 g/mol. The van der Waals surface area contributed by atoms with E-state index in [4.69, 9.17) is 0 Å². The predicted octanol–water partition coefficient (Wildman–Crippen LogP) is 4.12. The van der Waals surface area contributed by atoms with Gasteiger partial charge in [-0.05, 0) is 23.8 Å². The van der Waals surface area contributed by atoms with Gasteiger partial charge in [0.25, 0.3) is 0 Å². The molecule has 3 aromatic rings. The Morgan fingerprint density at radius 3 is 2.41 bits per heavy atom. The summed E-state index contributed by atoms with van der Waals surface area (Å²) >= 11 is 0.960. The summed E-state index contributed by atoms with van der Waals surface area (Å²) in [5, 5.41) is 3.39. The summed E-state index contributed by atoms with van der Waals surface area (Å²) in [5.74, 6) is -1.54. The Bertz CT molecular complexity index is 1010. The van der Waals surface area contributed by atoms with Gasteiger partial charge in [0, 0.05) is 31.7 Å². The van der Waals surface area contributed by atoms with Crippen LogP contribution in [0, 0.1) is 0 Å². The van der Waals surface area contributed by atoms with Crippen molar-refractivity contribution in [3.8, 4) is 0 Å². The molecule has 1 aromatic heterocycles. The number of hydrogen-bond donors (Lipinski definition) is 1. The quantitative estimate of drug-likeness (QED) is 0.480. The molecule has 2 aromatic carbocycles. The number of benzene rings is 2. The molecule has 3 rings (SSSR count). The topological polar surface area (TPSA) is 58.1 Å². The van der Waals surface area contributed by atoms with E-state index in [1.165, 1.54) is 6.07 Å². The van der Waals surface area contributed by atoms with E-state index in [2.05, 4.69) is 15.3 Å². The first kappa shape index (κ1) is 20.9. The van der Waals surface area contributed by atoms with E-state index in [1.807, 2.05) is 43.3 Å². The van der Waals surface area contributed by atoms with Gasteiger partial charge < -0.3 is 10.2 Å². The maximum atomic E-state index is 13.1. The second-order valence-electron chi connectivity index (χ2n) is 6.49. The van der Waals surface area contributed by atoms with Gasteiger partial charge in [-0.25, -0.2) is 9.97 Å². The minimum absolute atomic E-state index is 0.0475. The number of nitrogens with zero attached hydrogens (tertiary/aromatic N) is 3. The highest BCUT2D eigenvalue weighted by atomic mass is 32.2. The van der Waals surface area contributed by atoms with Crippen LogP contribution in [0.5, 0.6) is 0 Å². The van der Waals surface area contributed by atoms with Gasteiger partial charge >= 0.3 is 6.18 Å². The fourth-order valence-electron chi connectivity index (χ4n) is 2.58. The number of hydrogen-bond acceptors (Lipinski definition) is 5. The molecule has 0 aliphatic heterocycles. The van der Waals surface area contributed by atoms with E-state index < -0.39 is 12.0 Å². The second kappa shape index (κ2) is 8.69. The summed E-state index contributed by atoms with van der Waals surface area (Å²) in [4.78, 5) is 21.4. The summed E-state index contributed by atoms with van der Waals surface area (Å²) < 4.78 is 39.2. The number of carbonyl (C=O) groups excluding carboxylic acids is 1. The molecule has 0 saturated heterocycles. The van der Waals surface area contributed by atoms with Gasteiger partial charge in [0.15, 0.2) is 0 Å². The zero-order valence-electron chi connectivity index (χ0n) is 15.8. The molecular formula is C20H19F3N4OS. The molecule has 1 N–H and O–H groups in total. The van der Waals surface area contributed by atoms with E-state index in [1.54, 1.807) is 18.2 Å². The van der Waals surface area contributed by atoms with Crippen LogP contribution >= 0.6 is 11.8 Å². The number of thioether (sulfide) groups is 1. The SMILES string of the molecule is CN(C)c1ccc(CNC(=O)CSc2nc(C(F)(F)F)nc3ccccc23)cc1. The number of fused-ring (bicyclic) bond motifs is 1. The number of rotatable bonds is 6. The minimum atomic E-state index is -4.65. The summed E-state index contributed by atoms with van der Waals surface area (Å²) in [5.41, 5.74) is 2.17. The number of para-hydroxylation sites is 1. The third-order valence-electron chi connectivity index (χ3n) is 4.10. The smallest absolute Gasteiger partial charge is 0.378 e. The lowest BCUT2D eigenvalue weighted by Crippen LogP contribution is -2.24. The van der Waals surface area contributed by atoms with Gasteiger partial charge in [-0.3, -0.25) is 4.79 Å². The molecule has 9 heteroatoms. The summed E-state index contributed by atoms with van der Waals surface area (Å²) in [6.45, 7) is 0.339. The van der Waals surface area contributed by atoms with E-state index in [0.29, 0.717) is 11.9 Å². The molecule has 0 fully saturated rings. The summed E-state index contributed by atoms with van der Waals surface area (Å²) in [6, 6.07) is 14.2. The van der Waals surface area contributed by atoms with Gasteiger partial charge in [-0.2, -0.15) is 13.2 Å². The lowest BCUT2D eigenvalue weighted by Gasteiger charge is -2.13. The molecule has 0 unspecified atom stereocenters. The van der Waals surface area contributed by atoms with E-state index in [0.717, 1.165) is 23.0 Å². The third kappa shape index (κ3) is 5.38. The molecule has 0 spiro atoms. The van der Waals surface area contributed by atoms with Gasteiger partial charge in [0.1, 0.15) is 5.03 Å². The summed E-state index contributed by atoms with van der Waals surface area (Å²) in [7, 11) is 3.88. The van der Waals surface area contributed by atoms with Gasteiger partial charge in [0.05, 0.1) is 11.3 Å². The predicted molar refractivity (Wildman–Crippen MR) is 108 cm³/mol. The maximum absolute atomic E-state index is 13.1. The molecule has 0 bridgehead atoms. The molecule has 0 aliphatic carbocycles. The Balaban J connectivity index is 1.66. The number of aromatic nitrogens is 2. The first-order valence-corrected chi connectivity index (χ1v) is 9.72. The maximum Gasteiger partial charge on any atom is 0.451 e. The highest BCUT2D eigenvalue weighted by Gasteiger charge is 2.35. The van der Waals surface area contributed by atoms with Gasteiger partial charge in [0.2, 0.25) is 11.7 Å². The zero-order chi connectivity index (χ0) is 21.0. The Morgan fingerprint density at radius 1 is 1.07 bits per heavy atom. The van der Waals surface area contributed by atoms with Crippen molar-refractivity contribution in [3.05, 3.63) is 59.9 Å². The Kier molecular flexibility index (Phi) is 6.26. The van der Waals surface area contributed by atoms with E-state index in [-0.39, 0.29) is 22.2 Å². The molecule has 0 saturated carbocycles. The molecule has 152 valence electrons. The number of alkyl halides is 3. The van der Waals surface area contributed by atoms with Gasteiger partial charge in [-0.1, -0.05) is 42.1 Å². The summed E-state index contributed by atoms with van der Waals surface area (Å²) in [6.07, 6.45) is -4.65. The van der Waals surface area contributed by atoms with Crippen molar-refractivity contribution in [2.45, 2.75) is 17.7 Å². The third-order valence-corrected chi connectivity index (χ3v) is 5.10. The van der Waals surface area contributed by atoms with Gasteiger partial charge in [-0.15, -0.1) is 0 Å². The van der Waals surface area contributed by atoms with Crippen molar-refractivity contribution in [2.75, 3.05) is 24.7 Å². The van der Waals surface area contributed by atoms with Crippen molar-refractivity contribution in [1.82, 2.24) is 15.3 Å².